The molecule has 1 spiro atoms. The number of hydrogen-bond acceptors (Lipinski definition) is 4. The summed E-state index contributed by atoms with van der Waals surface area (Å²) in [6.07, 6.45) is 4.01. The zero-order valence-electron chi connectivity index (χ0n) is 19.9. The van der Waals surface area contributed by atoms with Crippen LogP contribution in [0.3, 0.4) is 0 Å². The lowest BCUT2D eigenvalue weighted by Gasteiger charge is -2.55. The van der Waals surface area contributed by atoms with E-state index in [9.17, 15) is 9.90 Å². The van der Waals surface area contributed by atoms with E-state index >= 15 is 0 Å². The topological polar surface area (TPSA) is 47.0 Å². The third kappa shape index (κ3) is 4.93. The molecular formula is C26H41N3O2. The molecule has 0 bridgehead atoms. The lowest BCUT2D eigenvalue weighted by atomic mass is 9.71. The number of benzene rings is 1. The predicted molar refractivity (Wildman–Crippen MR) is 127 cm³/mol. The molecular weight excluding hydrogens is 386 g/mol. The van der Waals surface area contributed by atoms with Crippen LogP contribution in [0.1, 0.15) is 71.3 Å². The fourth-order valence-corrected chi connectivity index (χ4v) is 5.59. The van der Waals surface area contributed by atoms with Gasteiger partial charge < -0.3 is 19.8 Å². The molecule has 5 heteroatoms. The average molecular weight is 428 g/mol. The van der Waals surface area contributed by atoms with Crippen LogP contribution in [0, 0.1) is 5.41 Å². The van der Waals surface area contributed by atoms with E-state index in [1.54, 1.807) is 0 Å². The number of amides is 1. The van der Waals surface area contributed by atoms with Crippen molar-refractivity contribution in [1.29, 1.82) is 0 Å². The first kappa shape index (κ1) is 22.6. The quantitative estimate of drug-likeness (QED) is 0.775. The molecule has 3 heterocycles. The number of anilines is 1. The number of likely N-dealkylation sites (tertiary alicyclic amines) is 2. The fraction of sp³-hybridized carbons (Fsp3) is 0.731. The van der Waals surface area contributed by atoms with Crippen LogP contribution >= 0.6 is 0 Å². The maximum Gasteiger partial charge on any atom is 0.225 e. The van der Waals surface area contributed by atoms with E-state index in [0.29, 0.717) is 36.6 Å². The van der Waals surface area contributed by atoms with E-state index in [1.807, 2.05) is 4.90 Å². The Bertz CT molecular complexity index is 749. The zero-order valence-corrected chi connectivity index (χ0v) is 19.9. The van der Waals surface area contributed by atoms with E-state index in [-0.39, 0.29) is 5.91 Å². The largest absolute Gasteiger partial charge is 0.389 e. The molecule has 5 nitrogen and oxygen atoms in total. The second kappa shape index (κ2) is 8.74. The number of aliphatic hydroxyl groups is 1. The highest BCUT2D eigenvalue weighted by Crippen LogP contribution is 2.42. The smallest absolute Gasteiger partial charge is 0.225 e. The van der Waals surface area contributed by atoms with Crippen molar-refractivity contribution in [1.82, 2.24) is 9.80 Å². The molecule has 0 aliphatic carbocycles. The molecule has 1 N–H and O–H groups in total. The van der Waals surface area contributed by atoms with Crippen molar-refractivity contribution >= 4 is 11.6 Å². The summed E-state index contributed by atoms with van der Waals surface area (Å²) in [4.78, 5) is 19.7. The predicted octanol–water partition coefficient (Wildman–Crippen LogP) is 3.86. The summed E-state index contributed by atoms with van der Waals surface area (Å²) in [7, 11) is 0. The molecule has 4 rings (SSSR count). The number of carbonyl (C=O) groups is 1. The van der Waals surface area contributed by atoms with E-state index in [2.05, 4.69) is 61.8 Å². The molecule has 1 aromatic carbocycles. The van der Waals surface area contributed by atoms with Gasteiger partial charge in [0, 0.05) is 56.4 Å². The number of hydrogen-bond donors (Lipinski definition) is 1. The summed E-state index contributed by atoms with van der Waals surface area (Å²) in [5.74, 6) is 0.718. The molecule has 1 amide bonds. The minimum atomic E-state index is -0.809. The highest BCUT2D eigenvalue weighted by atomic mass is 16.3. The Balaban J connectivity index is 1.23. The normalized spacial score (nSPS) is 23.5. The van der Waals surface area contributed by atoms with E-state index in [0.717, 1.165) is 52.1 Å². The Morgan fingerprint density at radius 3 is 2.03 bits per heavy atom. The molecule has 0 radical (unpaired) electrons. The summed E-state index contributed by atoms with van der Waals surface area (Å²) in [6, 6.07) is 9.54. The van der Waals surface area contributed by atoms with Crippen molar-refractivity contribution in [2.24, 2.45) is 5.41 Å². The van der Waals surface area contributed by atoms with E-state index < -0.39 is 5.60 Å². The van der Waals surface area contributed by atoms with Crippen LogP contribution in [0.15, 0.2) is 24.3 Å². The second-order valence-electron chi connectivity index (χ2n) is 11.0. The fourth-order valence-electron chi connectivity index (χ4n) is 5.59. The molecule has 3 fully saturated rings. The first-order chi connectivity index (χ1) is 14.7. The minimum absolute atomic E-state index is 0.151. The van der Waals surface area contributed by atoms with Gasteiger partial charge >= 0.3 is 0 Å². The van der Waals surface area contributed by atoms with E-state index in [4.69, 9.17) is 0 Å². The van der Waals surface area contributed by atoms with Crippen molar-refractivity contribution in [2.75, 3.05) is 44.2 Å². The maximum atomic E-state index is 12.9. The van der Waals surface area contributed by atoms with Crippen LogP contribution in [-0.4, -0.2) is 71.7 Å². The molecule has 3 aliphatic rings. The van der Waals surface area contributed by atoms with Gasteiger partial charge in [-0.15, -0.1) is 0 Å². The monoisotopic (exact) mass is 427 g/mol. The lowest BCUT2D eigenvalue weighted by Crippen LogP contribution is -2.63. The molecule has 0 aromatic heterocycles. The van der Waals surface area contributed by atoms with Crippen LogP contribution in [0.25, 0.3) is 0 Å². The Morgan fingerprint density at radius 1 is 0.935 bits per heavy atom. The molecule has 0 saturated carbocycles. The first-order valence-corrected chi connectivity index (χ1v) is 12.3. The van der Waals surface area contributed by atoms with Crippen molar-refractivity contribution in [3.05, 3.63) is 29.8 Å². The molecule has 31 heavy (non-hydrogen) atoms. The van der Waals surface area contributed by atoms with Crippen LogP contribution in [-0.2, 0) is 4.79 Å². The molecule has 0 atom stereocenters. The molecule has 3 aliphatic heterocycles. The van der Waals surface area contributed by atoms with Gasteiger partial charge in [-0.05, 0) is 63.1 Å². The summed E-state index contributed by atoms with van der Waals surface area (Å²) in [5, 5.41) is 10.9. The van der Waals surface area contributed by atoms with Gasteiger partial charge in [-0.3, -0.25) is 4.79 Å². The van der Waals surface area contributed by atoms with Gasteiger partial charge in [-0.25, -0.2) is 0 Å². The zero-order chi connectivity index (χ0) is 22.2. The van der Waals surface area contributed by atoms with E-state index in [1.165, 1.54) is 11.3 Å². The highest BCUT2D eigenvalue weighted by Gasteiger charge is 2.48. The van der Waals surface area contributed by atoms with Gasteiger partial charge in [0.15, 0.2) is 0 Å². The van der Waals surface area contributed by atoms with Gasteiger partial charge in [-0.1, -0.05) is 26.0 Å². The molecule has 172 valence electrons. The van der Waals surface area contributed by atoms with Gasteiger partial charge in [0.1, 0.15) is 0 Å². The van der Waals surface area contributed by atoms with Crippen LogP contribution in [0.5, 0.6) is 0 Å². The Kier molecular flexibility index (Phi) is 6.37. The summed E-state index contributed by atoms with van der Waals surface area (Å²) < 4.78 is 0. The number of carbonyl (C=O) groups excluding carboxylic acids is 1. The summed E-state index contributed by atoms with van der Waals surface area (Å²) >= 11 is 0. The Labute approximate surface area is 188 Å². The Morgan fingerprint density at radius 2 is 1.52 bits per heavy atom. The Hall–Kier alpha value is -1.59. The van der Waals surface area contributed by atoms with Crippen molar-refractivity contribution in [3.8, 4) is 0 Å². The van der Waals surface area contributed by atoms with Crippen molar-refractivity contribution < 1.29 is 9.90 Å². The third-order valence-corrected chi connectivity index (χ3v) is 8.09. The number of rotatable bonds is 5. The average Bonchev–Trinajstić information content (AvgIpc) is 2.72. The van der Waals surface area contributed by atoms with Crippen LogP contribution in [0.4, 0.5) is 5.69 Å². The third-order valence-electron chi connectivity index (χ3n) is 8.09. The standard InChI is InChI=1S/C26H41N3O2/c1-20(2)22-5-7-23(8-6-22)28-13-9-25(10-14-28)18-29(19-25)24(30)17-26(31)11-15-27(16-12-26)21(3)4/h5-8,20-21,31H,9-19H2,1-4H3. The molecule has 3 saturated heterocycles. The molecule has 0 unspecified atom stereocenters. The van der Waals surface area contributed by atoms with Gasteiger partial charge in [-0.2, -0.15) is 0 Å². The summed E-state index contributed by atoms with van der Waals surface area (Å²) in [6.45, 7) is 14.5. The first-order valence-electron chi connectivity index (χ1n) is 12.3. The van der Waals surface area contributed by atoms with Crippen molar-refractivity contribution in [3.63, 3.8) is 0 Å². The SMILES string of the molecule is CC(C)c1ccc(N2CCC3(CC2)CN(C(=O)CC2(O)CCN(C(C)C)CC2)C3)cc1. The summed E-state index contributed by atoms with van der Waals surface area (Å²) in [5.41, 5.74) is 2.20. The number of nitrogens with zero attached hydrogens (tertiary/aromatic N) is 3. The number of piperidine rings is 2. The maximum absolute atomic E-state index is 12.9. The lowest BCUT2D eigenvalue weighted by molar-refractivity contribution is -0.152. The minimum Gasteiger partial charge on any atom is -0.389 e. The second-order valence-corrected chi connectivity index (χ2v) is 11.0. The highest BCUT2D eigenvalue weighted by molar-refractivity contribution is 5.78. The van der Waals surface area contributed by atoms with Crippen molar-refractivity contribution in [2.45, 2.75) is 77.4 Å². The van der Waals surface area contributed by atoms with Crippen LogP contribution < -0.4 is 4.90 Å². The van der Waals surface area contributed by atoms with Gasteiger partial charge in [0.2, 0.25) is 5.91 Å². The van der Waals surface area contributed by atoms with Gasteiger partial charge in [0.25, 0.3) is 0 Å². The van der Waals surface area contributed by atoms with Gasteiger partial charge in [0.05, 0.1) is 12.0 Å². The molecule has 1 aromatic rings. The van der Waals surface area contributed by atoms with Crippen LogP contribution in [0.2, 0.25) is 0 Å².